The SMILES string of the molecule is CCCc1cccc(C(C)(O)C(F)(F)F)c1CCC. The number of hydrogen-bond donors (Lipinski definition) is 1. The standard InChI is InChI=1S/C15H21F3O/c1-4-7-11-9-6-10-13(12(11)8-5-2)14(3,19)15(16,17)18/h6,9-10,19H,4-5,7-8H2,1-3H3. The number of rotatable bonds is 5. The summed E-state index contributed by atoms with van der Waals surface area (Å²) in [7, 11) is 0. The van der Waals surface area contributed by atoms with Crippen LogP contribution in [0.15, 0.2) is 18.2 Å². The van der Waals surface area contributed by atoms with E-state index in [0.717, 1.165) is 31.7 Å². The molecule has 1 nitrogen and oxygen atoms in total. The van der Waals surface area contributed by atoms with E-state index in [-0.39, 0.29) is 5.56 Å². The predicted molar refractivity (Wildman–Crippen MR) is 70.1 cm³/mol. The van der Waals surface area contributed by atoms with Gasteiger partial charge >= 0.3 is 6.18 Å². The van der Waals surface area contributed by atoms with E-state index < -0.39 is 11.8 Å². The zero-order valence-electron chi connectivity index (χ0n) is 11.6. The molecule has 0 bridgehead atoms. The lowest BCUT2D eigenvalue weighted by Gasteiger charge is -2.30. The highest BCUT2D eigenvalue weighted by Gasteiger charge is 2.52. The van der Waals surface area contributed by atoms with E-state index in [1.54, 1.807) is 6.07 Å². The van der Waals surface area contributed by atoms with Crippen LogP contribution in [0.2, 0.25) is 0 Å². The number of benzene rings is 1. The van der Waals surface area contributed by atoms with E-state index in [2.05, 4.69) is 0 Å². The summed E-state index contributed by atoms with van der Waals surface area (Å²) in [6.07, 6.45) is -1.76. The molecule has 0 amide bonds. The largest absolute Gasteiger partial charge is 0.421 e. The molecule has 0 saturated carbocycles. The van der Waals surface area contributed by atoms with Gasteiger partial charge in [-0.2, -0.15) is 13.2 Å². The molecule has 0 saturated heterocycles. The first-order chi connectivity index (χ1) is 8.75. The molecule has 1 aromatic carbocycles. The van der Waals surface area contributed by atoms with E-state index in [1.165, 1.54) is 6.07 Å². The van der Waals surface area contributed by atoms with Crippen molar-refractivity contribution in [1.29, 1.82) is 0 Å². The number of halogens is 3. The number of aliphatic hydroxyl groups is 1. The van der Waals surface area contributed by atoms with Crippen molar-refractivity contribution in [2.24, 2.45) is 0 Å². The van der Waals surface area contributed by atoms with E-state index in [1.807, 2.05) is 19.9 Å². The van der Waals surface area contributed by atoms with Crippen LogP contribution in [-0.2, 0) is 18.4 Å². The zero-order chi connectivity index (χ0) is 14.7. The summed E-state index contributed by atoms with van der Waals surface area (Å²) >= 11 is 0. The molecule has 1 rings (SSSR count). The van der Waals surface area contributed by atoms with E-state index in [4.69, 9.17) is 0 Å². The van der Waals surface area contributed by atoms with Crippen LogP contribution >= 0.6 is 0 Å². The van der Waals surface area contributed by atoms with Gasteiger partial charge < -0.3 is 5.11 Å². The summed E-state index contributed by atoms with van der Waals surface area (Å²) in [4.78, 5) is 0. The molecule has 0 aliphatic heterocycles. The Bertz CT molecular complexity index is 422. The summed E-state index contributed by atoms with van der Waals surface area (Å²) in [6.45, 7) is 4.75. The van der Waals surface area contributed by atoms with Gasteiger partial charge in [0.05, 0.1) is 0 Å². The fourth-order valence-corrected chi connectivity index (χ4v) is 2.29. The monoisotopic (exact) mass is 274 g/mol. The van der Waals surface area contributed by atoms with Crippen molar-refractivity contribution in [1.82, 2.24) is 0 Å². The summed E-state index contributed by atoms with van der Waals surface area (Å²) < 4.78 is 39.0. The van der Waals surface area contributed by atoms with Crippen LogP contribution in [0.5, 0.6) is 0 Å². The van der Waals surface area contributed by atoms with Crippen molar-refractivity contribution >= 4 is 0 Å². The molecule has 4 heteroatoms. The molecule has 0 aliphatic carbocycles. The summed E-state index contributed by atoms with van der Waals surface area (Å²) in [5.41, 5.74) is -1.24. The smallest absolute Gasteiger partial charge is 0.376 e. The lowest BCUT2D eigenvalue weighted by molar-refractivity contribution is -0.259. The third kappa shape index (κ3) is 3.30. The fraction of sp³-hybridized carbons (Fsp3) is 0.600. The molecule has 1 aromatic rings. The van der Waals surface area contributed by atoms with E-state index in [0.29, 0.717) is 12.0 Å². The van der Waals surface area contributed by atoms with Gasteiger partial charge in [-0.05, 0) is 36.5 Å². The molecule has 0 radical (unpaired) electrons. The number of hydrogen-bond acceptors (Lipinski definition) is 1. The molecule has 1 atom stereocenters. The predicted octanol–water partition coefficient (Wildman–Crippen LogP) is 4.36. The zero-order valence-corrected chi connectivity index (χ0v) is 11.6. The minimum Gasteiger partial charge on any atom is -0.376 e. The van der Waals surface area contributed by atoms with Crippen LogP contribution in [0.1, 0.15) is 50.3 Å². The summed E-state index contributed by atoms with van der Waals surface area (Å²) in [5.74, 6) is 0. The van der Waals surface area contributed by atoms with Gasteiger partial charge in [0.25, 0.3) is 0 Å². The molecule has 1 unspecified atom stereocenters. The van der Waals surface area contributed by atoms with Crippen LogP contribution < -0.4 is 0 Å². The van der Waals surface area contributed by atoms with E-state index in [9.17, 15) is 18.3 Å². The molecule has 0 aromatic heterocycles. The Morgan fingerprint density at radius 1 is 1.05 bits per heavy atom. The first-order valence-electron chi connectivity index (χ1n) is 6.66. The quantitative estimate of drug-likeness (QED) is 0.845. The van der Waals surface area contributed by atoms with Crippen LogP contribution in [0, 0.1) is 0 Å². The second-order valence-corrected chi connectivity index (χ2v) is 5.01. The van der Waals surface area contributed by atoms with Crippen LogP contribution in [-0.4, -0.2) is 11.3 Å². The maximum atomic E-state index is 13.0. The van der Waals surface area contributed by atoms with Gasteiger partial charge in [-0.25, -0.2) is 0 Å². The lowest BCUT2D eigenvalue weighted by Crippen LogP contribution is -2.40. The maximum absolute atomic E-state index is 13.0. The van der Waals surface area contributed by atoms with Gasteiger partial charge in [0.2, 0.25) is 0 Å². The van der Waals surface area contributed by atoms with Gasteiger partial charge in [0, 0.05) is 0 Å². The highest BCUT2D eigenvalue weighted by Crippen LogP contribution is 2.41. The van der Waals surface area contributed by atoms with Crippen molar-refractivity contribution < 1.29 is 18.3 Å². The van der Waals surface area contributed by atoms with Gasteiger partial charge in [-0.3, -0.25) is 0 Å². The van der Waals surface area contributed by atoms with Crippen molar-refractivity contribution in [2.45, 2.75) is 58.2 Å². The van der Waals surface area contributed by atoms with Gasteiger partial charge in [0.1, 0.15) is 0 Å². The van der Waals surface area contributed by atoms with Gasteiger partial charge in [-0.15, -0.1) is 0 Å². The molecule has 108 valence electrons. The van der Waals surface area contributed by atoms with Crippen LogP contribution in [0.4, 0.5) is 13.2 Å². The Hall–Kier alpha value is -1.03. The molecular weight excluding hydrogens is 253 g/mol. The Labute approximate surface area is 112 Å². The topological polar surface area (TPSA) is 20.2 Å². The average Bonchev–Trinajstić information content (AvgIpc) is 2.30. The fourth-order valence-electron chi connectivity index (χ4n) is 2.29. The third-order valence-corrected chi connectivity index (χ3v) is 3.37. The minimum absolute atomic E-state index is 0.00667. The molecule has 1 N–H and O–H groups in total. The second kappa shape index (κ2) is 5.95. The average molecular weight is 274 g/mol. The van der Waals surface area contributed by atoms with Crippen molar-refractivity contribution in [3.63, 3.8) is 0 Å². The number of aryl methyl sites for hydroxylation is 1. The molecule has 0 aliphatic rings. The van der Waals surface area contributed by atoms with Gasteiger partial charge in [0.15, 0.2) is 5.60 Å². The Morgan fingerprint density at radius 2 is 1.63 bits per heavy atom. The molecule has 0 spiro atoms. The van der Waals surface area contributed by atoms with Gasteiger partial charge in [-0.1, -0.05) is 44.9 Å². The lowest BCUT2D eigenvalue weighted by atomic mass is 9.85. The Balaban J connectivity index is 3.38. The third-order valence-electron chi connectivity index (χ3n) is 3.37. The first-order valence-corrected chi connectivity index (χ1v) is 6.66. The molecular formula is C15H21F3O. The highest BCUT2D eigenvalue weighted by molar-refractivity contribution is 5.40. The Morgan fingerprint density at radius 3 is 2.11 bits per heavy atom. The number of alkyl halides is 3. The van der Waals surface area contributed by atoms with Crippen LogP contribution in [0.25, 0.3) is 0 Å². The normalized spacial score (nSPS) is 15.3. The summed E-state index contributed by atoms with van der Waals surface area (Å²) in [5, 5.41) is 9.90. The highest BCUT2D eigenvalue weighted by atomic mass is 19.4. The Kier molecular flexibility index (Phi) is 5.02. The molecule has 0 heterocycles. The van der Waals surface area contributed by atoms with Crippen molar-refractivity contribution in [3.05, 3.63) is 34.9 Å². The first kappa shape index (κ1) is 16.0. The molecule has 0 fully saturated rings. The maximum Gasteiger partial charge on any atom is 0.421 e. The van der Waals surface area contributed by atoms with E-state index >= 15 is 0 Å². The molecule has 19 heavy (non-hydrogen) atoms. The van der Waals surface area contributed by atoms with Crippen molar-refractivity contribution in [2.75, 3.05) is 0 Å². The van der Waals surface area contributed by atoms with Crippen molar-refractivity contribution in [3.8, 4) is 0 Å². The summed E-state index contributed by atoms with van der Waals surface area (Å²) in [6, 6.07) is 4.84. The minimum atomic E-state index is -4.67. The second-order valence-electron chi connectivity index (χ2n) is 5.01. The van der Waals surface area contributed by atoms with Crippen LogP contribution in [0.3, 0.4) is 0 Å².